The van der Waals surface area contributed by atoms with Crippen molar-refractivity contribution in [2.75, 3.05) is 20.6 Å². The fraction of sp³-hybridized carbons (Fsp3) is 0.400. The Kier molecular flexibility index (Phi) is 3.26. The Balaban J connectivity index is 2.59. The van der Waals surface area contributed by atoms with Crippen LogP contribution in [0.2, 0.25) is 0 Å². The van der Waals surface area contributed by atoms with Gasteiger partial charge >= 0.3 is 0 Å². The van der Waals surface area contributed by atoms with Gasteiger partial charge in [-0.25, -0.2) is 0 Å². The van der Waals surface area contributed by atoms with Crippen LogP contribution in [0.15, 0.2) is 30.3 Å². The summed E-state index contributed by atoms with van der Waals surface area (Å²) in [5.74, 6) is 0. The summed E-state index contributed by atoms with van der Waals surface area (Å²) in [5, 5.41) is 0. The van der Waals surface area contributed by atoms with Crippen LogP contribution in [-0.2, 0) is 0 Å². The molecule has 0 amide bonds. The van der Waals surface area contributed by atoms with Crippen LogP contribution in [-0.4, -0.2) is 20.6 Å². The highest BCUT2D eigenvalue weighted by atomic mass is 15.1. The maximum absolute atomic E-state index is 4.13. The first-order valence-corrected chi connectivity index (χ1v) is 4.37. The van der Waals surface area contributed by atoms with Gasteiger partial charge in [-0.05, 0) is 0 Å². The molecule has 0 radical (unpaired) electrons. The highest BCUT2D eigenvalue weighted by Crippen LogP contribution is 2.04. The van der Waals surface area contributed by atoms with Crippen molar-refractivity contribution in [2.45, 2.75) is 6.04 Å². The molecular weight excluding hydrogens is 148 g/mol. The summed E-state index contributed by atoms with van der Waals surface area (Å²) >= 11 is 0. The van der Waals surface area contributed by atoms with Crippen LogP contribution >= 0.6 is 0 Å². The predicted octanol–water partition coefficient (Wildman–Crippen LogP) is -0.886. The van der Waals surface area contributed by atoms with Crippen LogP contribution in [0.25, 0.3) is 0 Å². The zero-order valence-electron chi connectivity index (χ0n) is 7.88. The van der Waals surface area contributed by atoms with E-state index >= 15 is 0 Å². The molecule has 0 heterocycles. The van der Waals surface area contributed by atoms with Crippen molar-refractivity contribution in [3.05, 3.63) is 35.9 Å². The minimum atomic E-state index is 0.413. The van der Waals surface area contributed by atoms with E-state index in [1.165, 1.54) is 10.5 Å². The molecule has 0 fully saturated rings. The lowest BCUT2D eigenvalue weighted by Gasteiger charge is -2.11. The summed E-state index contributed by atoms with van der Waals surface area (Å²) < 4.78 is 0. The third kappa shape index (κ3) is 2.64. The molecular formula is C10H18N2+2. The average molecular weight is 166 g/mol. The Labute approximate surface area is 74.0 Å². The van der Waals surface area contributed by atoms with E-state index in [4.69, 9.17) is 0 Å². The van der Waals surface area contributed by atoms with Gasteiger partial charge in [0, 0.05) is 5.56 Å². The van der Waals surface area contributed by atoms with Gasteiger partial charge in [-0.15, -0.1) is 0 Å². The molecule has 4 N–H and O–H groups in total. The SMILES string of the molecule is C[NH+](C)C[C@H]([NH3+])c1ccccc1. The molecule has 0 aliphatic heterocycles. The minimum absolute atomic E-state index is 0.413. The van der Waals surface area contributed by atoms with Crippen LogP contribution in [0, 0.1) is 0 Å². The van der Waals surface area contributed by atoms with Gasteiger partial charge < -0.3 is 10.6 Å². The summed E-state index contributed by atoms with van der Waals surface area (Å²) in [4.78, 5) is 1.44. The molecule has 0 aliphatic carbocycles. The Morgan fingerprint density at radius 3 is 2.33 bits per heavy atom. The molecule has 66 valence electrons. The zero-order valence-corrected chi connectivity index (χ0v) is 7.88. The average Bonchev–Trinajstić information content (AvgIpc) is 2.05. The molecule has 0 saturated heterocycles. The summed E-state index contributed by atoms with van der Waals surface area (Å²) in [5.41, 5.74) is 5.46. The maximum Gasteiger partial charge on any atom is 0.159 e. The largest absolute Gasteiger partial charge is 0.347 e. The van der Waals surface area contributed by atoms with Gasteiger partial charge in [0.2, 0.25) is 0 Å². The van der Waals surface area contributed by atoms with Crippen molar-refractivity contribution in [1.82, 2.24) is 0 Å². The number of hydrogen-bond donors (Lipinski definition) is 2. The second-order valence-corrected chi connectivity index (χ2v) is 3.52. The first kappa shape index (κ1) is 9.23. The fourth-order valence-electron chi connectivity index (χ4n) is 1.34. The van der Waals surface area contributed by atoms with Crippen LogP contribution in [0.3, 0.4) is 0 Å². The molecule has 0 bridgehead atoms. The lowest BCUT2D eigenvalue weighted by molar-refractivity contribution is -0.870. The summed E-state index contributed by atoms with van der Waals surface area (Å²) in [6.07, 6.45) is 0. The molecule has 12 heavy (non-hydrogen) atoms. The van der Waals surface area contributed by atoms with Crippen LogP contribution < -0.4 is 10.6 Å². The summed E-state index contributed by atoms with van der Waals surface area (Å²) in [6, 6.07) is 10.9. The highest BCUT2D eigenvalue weighted by molar-refractivity contribution is 5.16. The van der Waals surface area contributed by atoms with Gasteiger partial charge in [0.1, 0.15) is 6.54 Å². The number of nitrogens with one attached hydrogen (secondary N) is 1. The van der Waals surface area contributed by atoms with E-state index in [1.54, 1.807) is 0 Å². The molecule has 1 aromatic rings. The number of likely N-dealkylation sites (N-methyl/N-ethyl adjacent to an activating group) is 1. The fourth-order valence-corrected chi connectivity index (χ4v) is 1.34. The molecule has 0 unspecified atom stereocenters. The van der Waals surface area contributed by atoms with Gasteiger partial charge in [0.05, 0.1) is 14.1 Å². The van der Waals surface area contributed by atoms with E-state index < -0.39 is 0 Å². The molecule has 0 aliphatic rings. The lowest BCUT2D eigenvalue weighted by Crippen LogP contribution is -3.07. The molecule has 1 rings (SSSR count). The number of benzene rings is 1. The first-order valence-electron chi connectivity index (χ1n) is 4.37. The second kappa shape index (κ2) is 4.24. The van der Waals surface area contributed by atoms with E-state index in [0.717, 1.165) is 6.54 Å². The molecule has 1 aromatic carbocycles. The second-order valence-electron chi connectivity index (χ2n) is 3.52. The first-order chi connectivity index (χ1) is 5.70. The molecule has 0 spiro atoms. The normalized spacial score (nSPS) is 13.3. The van der Waals surface area contributed by atoms with E-state index in [-0.39, 0.29) is 0 Å². The van der Waals surface area contributed by atoms with Gasteiger partial charge in [-0.1, -0.05) is 30.3 Å². The molecule has 2 heteroatoms. The molecule has 0 saturated carbocycles. The van der Waals surface area contributed by atoms with E-state index in [9.17, 15) is 0 Å². The van der Waals surface area contributed by atoms with Crippen molar-refractivity contribution < 1.29 is 10.6 Å². The van der Waals surface area contributed by atoms with Crippen molar-refractivity contribution in [1.29, 1.82) is 0 Å². The van der Waals surface area contributed by atoms with E-state index in [1.807, 2.05) is 6.07 Å². The van der Waals surface area contributed by atoms with E-state index in [2.05, 4.69) is 44.1 Å². The highest BCUT2D eigenvalue weighted by Gasteiger charge is 2.11. The standard InChI is InChI=1S/C10H16N2/c1-12(2)8-10(11)9-6-4-3-5-7-9/h3-7,10H,8,11H2,1-2H3/p+2/t10-/m0/s1. The molecule has 2 nitrogen and oxygen atoms in total. The van der Waals surface area contributed by atoms with Crippen LogP contribution in [0.5, 0.6) is 0 Å². The number of quaternary nitrogens is 2. The Bertz CT molecular complexity index is 219. The smallest absolute Gasteiger partial charge is 0.159 e. The van der Waals surface area contributed by atoms with Crippen LogP contribution in [0.4, 0.5) is 0 Å². The molecule has 1 atom stereocenters. The number of rotatable bonds is 3. The third-order valence-corrected chi connectivity index (χ3v) is 1.93. The topological polar surface area (TPSA) is 32.1 Å². The van der Waals surface area contributed by atoms with Crippen molar-refractivity contribution >= 4 is 0 Å². The minimum Gasteiger partial charge on any atom is -0.347 e. The Hall–Kier alpha value is -0.860. The third-order valence-electron chi connectivity index (χ3n) is 1.93. The quantitative estimate of drug-likeness (QED) is 0.584. The summed E-state index contributed by atoms with van der Waals surface area (Å²) in [7, 11) is 4.31. The summed E-state index contributed by atoms with van der Waals surface area (Å²) in [6.45, 7) is 1.09. The van der Waals surface area contributed by atoms with Gasteiger partial charge in [0.25, 0.3) is 0 Å². The van der Waals surface area contributed by atoms with Crippen LogP contribution in [0.1, 0.15) is 11.6 Å². The predicted molar refractivity (Wildman–Crippen MR) is 49.7 cm³/mol. The lowest BCUT2D eigenvalue weighted by atomic mass is 10.1. The van der Waals surface area contributed by atoms with Crippen molar-refractivity contribution in [3.8, 4) is 0 Å². The van der Waals surface area contributed by atoms with Gasteiger partial charge in [-0.3, -0.25) is 0 Å². The van der Waals surface area contributed by atoms with Crippen molar-refractivity contribution in [2.24, 2.45) is 0 Å². The van der Waals surface area contributed by atoms with Gasteiger partial charge in [-0.2, -0.15) is 0 Å². The zero-order chi connectivity index (χ0) is 8.97. The monoisotopic (exact) mass is 166 g/mol. The maximum atomic E-state index is 4.13. The Morgan fingerprint density at radius 1 is 1.25 bits per heavy atom. The number of hydrogen-bond acceptors (Lipinski definition) is 0. The Morgan fingerprint density at radius 2 is 1.83 bits per heavy atom. The van der Waals surface area contributed by atoms with Gasteiger partial charge in [0.15, 0.2) is 6.04 Å². The van der Waals surface area contributed by atoms with Crippen molar-refractivity contribution in [3.63, 3.8) is 0 Å². The molecule has 0 aromatic heterocycles. The van der Waals surface area contributed by atoms with E-state index in [0.29, 0.717) is 6.04 Å².